The first kappa shape index (κ1) is 19.7. The summed E-state index contributed by atoms with van der Waals surface area (Å²) < 4.78 is 14.3. The van der Waals surface area contributed by atoms with Crippen LogP contribution in [0.25, 0.3) is 10.2 Å². The van der Waals surface area contributed by atoms with E-state index in [-0.39, 0.29) is 0 Å². The number of aryl methyl sites for hydroxylation is 1. The van der Waals surface area contributed by atoms with Gasteiger partial charge in [-0.25, -0.2) is 9.51 Å². The molecule has 4 aromatic carbocycles. The zero-order valence-corrected chi connectivity index (χ0v) is 18.9. The molecule has 3 nitrogen and oxygen atoms in total. The molecule has 0 atom stereocenters. The summed E-state index contributed by atoms with van der Waals surface area (Å²) in [6, 6.07) is 39.7. The second-order valence-electron chi connectivity index (χ2n) is 7.22. The number of hydrogen-bond acceptors (Lipinski definition) is 2. The first-order chi connectivity index (χ1) is 15.3. The van der Waals surface area contributed by atoms with E-state index >= 15 is 0 Å². The van der Waals surface area contributed by atoms with Crippen molar-refractivity contribution < 1.29 is 0 Å². The molecular weight excluding hydrogens is 417 g/mol. The molecule has 0 aliphatic heterocycles. The van der Waals surface area contributed by atoms with Gasteiger partial charge in [0.25, 0.3) is 0 Å². The lowest BCUT2D eigenvalue weighted by molar-refractivity contribution is 0.920. The number of thiazole rings is 1. The van der Waals surface area contributed by atoms with E-state index < -0.39 is 7.21 Å². The molecule has 0 bridgehead atoms. The van der Waals surface area contributed by atoms with Crippen LogP contribution in [0, 0.1) is 0 Å². The van der Waals surface area contributed by atoms with E-state index in [1.54, 1.807) is 11.3 Å². The number of para-hydroxylation sites is 1. The summed E-state index contributed by atoms with van der Waals surface area (Å²) in [5, 5.41) is 2.28. The van der Waals surface area contributed by atoms with Crippen LogP contribution in [0.2, 0.25) is 0 Å². The van der Waals surface area contributed by atoms with Gasteiger partial charge >= 0.3 is 0 Å². The van der Waals surface area contributed by atoms with Gasteiger partial charge in [0.05, 0.1) is 15.9 Å². The molecule has 5 heteroatoms. The zero-order chi connectivity index (χ0) is 21.1. The second-order valence-corrected chi connectivity index (χ2v) is 10.9. The van der Waals surface area contributed by atoms with Gasteiger partial charge in [0.2, 0.25) is 0 Å². The lowest BCUT2D eigenvalue weighted by atomic mass is 10.3. The van der Waals surface area contributed by atoms with Crippen molar-refractivity contribution in [3.05, 3.63) is 120 Å². The highest BCUT2D eigenvalue weighted by atomic mass is 32.1. The van der Waals surface area contributed by atoms with Crippen LogP contribution in [-0.2, 0) is 7.05 Å². The Bertz CT molecular complexity index is 1390. The van der Waals surface area contributed by atoms with Crippen molar-refractivity contribution in [3.8, 4) is 0 Å². The van der Waals surface area contributed by atoms with Crippen LogP contribution in [0.15, 0.2) is 125 Å². The van der Waals surface area contributed by atoms with Crippen molar-refractivity contribution in [2.75, 3.05) is 0 Å². The molecule has 0 spiro atoms. The van der Waals surface area contributed by atoms with Gasteiger partial charge in [-0.15, -0.1) is 0 Å². The molecule has 1 aromatic heterocycles. The van der Waals surface area contributed by atoms with Crippen molar-refractivity contribution in [1.82, 2.24) is 4.57 Å². The number of hydrogen-bond donors (Lipinski definition) is 0. The summed E-state index contributed by atoms with van der Waals surface area (Å²) in [4.78, 5) is 0.974. The van der Waals surface area contributed by atoms with Crippen molar-refractivity contribution in [2.24, 2.45) is 16.6 Å². The van der Waals surface area contributed by atoms with Crippen molar-refractivity contribution in [3.63, 3.8) is 0 Å². The monoisotopic (exact) mass is 439 g/mol. The Kier molecular flexibility index (Phi) is 5.42. The largest absolute Gasteiger partial charge is 0.320 e. The van der Waals surface area contributed by atoms with Gasteiger partial charge in [-0.3, -0.25) is 0 Å². The standard InChI is InChI=1S/C26H22N3PS/c1-29-24-19-11-12-20-25(24)31-26(29)28-30(22-15-7-3-8-16-22,23-17-9-4-10-18-23)27-21-13-5-2-6-14-21/h2-20H,1H3. The molecule has 152 valence electrons. The van der Waals surface area contributed by atoms with E-state index in [1.807, 2.05) is 30.3 Å². The lowest BCUT2D eigenvalue weighted by Gasteiger charge is -2.21. The van der Waals surface area contributed by atoms with Crippen molar-refractivity contribution in [2.45, 2.75) is 0 Å². The van der Waals surface area contributed by atoms with E-state index in [0.29, 0.717) is 0 Å². The van der Waals surface area contributed by atoms with Crippen LogP contribution in [0.5, 0.6) is 0 Å². The molecular formula is C26H22N3PS. The van der Waals surface area contributed by atoms with Gasteiger partial charge in [0, 0.05) is 17.7 Å². The fourth-order valence-corrected chi connectivity index (χ4v) is 7.87. The average molecular weight is 440 g/mol. The van der Waals surface area contributed by atoms with Crippen LogP contribution in [0.3, 0.4) is 0 Å². The normalized spacial score (nSPS) is 12.2. The number of rotatable bonds is 4. The summed E-state index contributed by atoms with van der Waals surface area (Å²) in [6.07, 6.45) is 0. The third kappa shape index (κ3) is 3.81. The Morgan fingerprint density at radius 3 is 1.74 bits per heavy atom. The van der Waals surface area contributed by atoms with E-state index in [2.05, 4.69) is 96.5 Å². The molecule has 0 unspecified atom stereocenters. The average Bonchev–Trinajstić information content (AvgIpc) is 3.15. The maximum atomic E-state index is 5.49. The van der Waals surface area contributed by atoms with Gasteiger partial charge in [-0.05, 0) is 24.3 Å². The van der Waals surface area contributed by atoms with Crippen LogP contribution >= 0.6 is 18.5 Å². The quantitative estimate of drug-likeness (QED) is 0.297. The maximum Gasteiger partial charge on any atom is 0.191 e. The molecule has 0 radical (unpaired) electrons. The molecule has 0 aliphatic carbocycles. The molecule has 0 saturated heterocycles. The van der Waals surface area contributed by atoms with Gasteiger partial charge in [-0.1, -0.05) is 102 Å². The number of aromatic nitrogens is 1. The van der Waals surface area contributed by atoms with Crippen LogP contribution in [0.1, 0.15) is 0 Å². The minimum absolute atomic E-state index is 0.941. The Balaban J connectivity index is 1.93. The molecule has 0 N–H and O–H groups in total. The van der Waals surface area contributed by atoms with E-state index in [0.717, 1.165) is 21.1 Å². The SMILES string of the molecule is Cn1c(=NP(=Nc2ccccc2)(c2ccccc2)c2ccccc2)sc2ccccc21. The smallest absolute Gasteiger partial charge is 0.191 e. The topological polar surface area (TPSA) is 29.6 Å². The van der Waals surface area contributed by atoms with Crippen LogP contribution < -0.4 is 15.4 Å². The highest BCUT2D eigenvalue weighted by Gasteiger charge is 2.25. The Labute approximate surface area is 186 Å². The Morgan fingerprint density at radius 1 is 0.645 bits per heavy atom. The third-order valence-electron chi connectivity index (χ3n) is 5.19. The van der Waals surface area contributed by atoms with E-state index in [9.17, 15) is 0 Å². The number of nitrogens with zero attached hydrogens (tertiary/aromatic N) is 3. The highest BCUT2D eigenvalue weighted by Crippen LogP contribution is 2.51. The summed E-state index contributed by atoms with van der Waals surface area (Å²) in [5.41, 5.74) is 2.13. The molecule has 1 heterocycles. The van der Waals surface area contributed by atoms with Crippen molar-refractivity contribution >= 4 is 45.1 Å². The van der Waals surface area contributed by atoms with Crippen molar-refractivity contribution in [1.29, 1.82) is 0 Å². The predicted octanol–water partition coefficient (Wildman–Crippen LogP) is 6.24. The molecule has 0 fully saturated rings. The summed E-state index contributed by atoms with van der Waals surface area (Å²) in [5.74, 6) is 0. The molecule has 0 amide bonds. The molecule has 5 aromatic rings. The summed E-state index contributed by atoms with van der Waals surface area (Å²) in [7, 11) is -0.399. The summed E-state index contributed by atoms with van der Waals surface area (Å²) >= 11 is 1.71. The lowest BCUT2D eigenvalue weighted by Crippen LogP contribution is -2.19. The van der Waals surface area contributed by atoms with E-state index in [1.165, 1.54) is 10.2 Å². The zero-order valence-electron chi connectivity index (χ0n) is 17.2. The molecule has 5 rings (SSSR count). The van der Waals surface area contributed by atoms with Gasteiger partial charge in [0.1, 0.15) is 7.21 Å². The first-order valence-electron chi connectivity index (χ1n) is 10.2. The highest BCUT2D eigenvalue weighted by molar-refractivity contribution is 7.79. The Hall–Kier alpha value is -3.20. The molecule has 0 saturated carbocycles. The maximum absolute atomic E-state index is 5.49. The molecule has 0 aliphatic rings. The van der Waals surface area contributed by atoms with Gasteiger partial charge in [0.15, 0.2) is 4.80 Å². The summed E-state index contributed by atoms with van der Waals surface area (Å²) in [6.45, 7) is 0. The van der Waals surface area contributed by atoms with Gasteiger partial charge < -0.3 is 4.57 Å². The first-order valence-corrected chi connectivity index (χ1v) is 12.7. The fraction of sp³-hybridized carbons (Fsp3) is 0.0385. The van der Waals surface area contributed by atoms with Crippen LogP contribution in [-0.4, -0.2) is 4.57 Å². The number of benzene rings is 4. The predicted molar refractivity (Wildman–Crippen MR) is 134 cm³/mol. The second kappa shape index (κ2) is 8.50. The van der Waals surface area contributed by atoms with E-state index in [4.69, 9.17) is 9.51 Å². The number of fused-ring (bicyclic) bond motifs is 1. The molecule has 31 heavy (non-hydrogen) atoms. The Morgan fingerprint density at radius 2 is 1.16 bits per heavy atom. The van der Waals surface area contributed by atoms with Crippen LogP contribution in [0.4, 0.5) is 5.69 Å². The third-order valence-corrected chi connectivity index (χ3v) is 9.48. The fourth-order valence-electron chi connectivity index (χ4n) is 3.64. The minimum Gasteiger partial charge on any atom is -0.320 e. The van der Waals surface area contributed by atoms with Gasteiger partial charge in [-0.2, -0.15) is 0 Å². The minimum atomic E-state index is -2.49.